The van der Waals surface area contributed by atoms with Crippen molar-refractivity contribution in [1.82, 2.24) is 4.90 Å². The third-order valence-corrected chi connectivity index (χ3v) is 5.08. The minimum absolute atomic E-state index is 0.0752. The Labute approximate surface area is 131 Å². The van der Waals surface area contributed by atoms with Gasteiger partial charge in [0.05, 0.1) is 14.6 Å². The predicted octanol–water partition coefficient (Wildman–Crippen LogP) is 2.71. The summed E-state index contributed by atoms with van der Waals surface area (Å²) in [5.74, 6) is -0.435. The van der Waals surface area contributed by atoms with Crippen LogP contribution in [-0.4, -0.2) is 29.8 Å². The summed E-state index contributed by atoms with van der Waals surface area (Å²) in [6, 6.07) is 1.85. The highest BCUT2D eigenvalue weighted by Crippen LogP contribution is 2.32. The molecule has 1 aromatic heterocycles. The lowest BCUT2D eigenvalue weighted by atomic mass is 10.1. The van der Waals surface area contributed by atoms with E-state index in [2.05, 4.69) is 0 Å². The first-order valence-corrected chi connectivity index (χ1v) is 8.05. The van der Waals surface area contributed by atoms with Gasteiger partial charge in [-0.05, 0) is 30.9 Å². The molecule has 0 aliphatic carbocycles. The summed E-state index contributed by atoms with van der Waals surface area (Å²) in [5.41, 5.74) is 6.24. The number of primary amides is 1. The number of rotatable bonds is 5. The van der Waals surface area contributed by atoms with Gasteiger partial charge in [-0.15, -0.1) is 11.3 Å². The van der Waals surface area contributed by atoms with Crippen LogP contribution < -0.4 is 5.73 Å². The first-order valence-electron chi connectivity index (χ1n) is 6.48. The normalized spacial score (nSPS) is 18.5. The van der Waals surface area contributed by atoms with Crippen LogP contribution in [0.5, 0.6) is 0 Å². The number of thiophene rings is 1. The van der Waals surface area contributed by atoms with Crippen LogP contribution in [0.15, 0.2) is 6.07 Å². The molecule has 7 heteroatoms. The number of nitrogens with two attached hydrogens (primary N) is 1. The Kier molecular flexibility index (Phi) is 5.29. The molecule has 0 bridgehead atoms. The number of hydrogen-bond acceptors (Lipinski definition) is 3. The van der Waals surface area contributed by atoms with Crippen molar-refractivity contribution < 1.29 is 9.59 Å². The van der Waals surface area contributed by atoms with E-state index in [1.807, 2.05) is 6.07 Å². The Morgan fingerprint density at radius 1 is 1.45 bits per heavy atom. The van der Waals surface area contributed by atoms with Gasteiger partial charge in [-0.1, -0.05) is 23.2 Å². The van der Waals surface area contributed by atoms with Crippen molar-refractivity contribution in [3.8, 4) is 0 Å². The third kappa shape index (κ3) is 3.87. The number of aryl methyl sites for hydroxylation is 1. The van der Waals surface area contributed by atoms with Crippen molar-refractivity contribution in [2.75, 3.05) is 13.1 Å². The van der Waals surface area contributed by atoms with Gasteiger partial charge in [0, 0.05) is 19.5 Å². The Morgan fingerprint density at radius 2 is 2.20 bits per heavy atom. The van der Waals surface area contributed by atoms with E-state index in [4.69, 9.17) is 28.9 Å². The van der Waals surface area contributed by atoms with Gasteiger partial charge >= 0.3 is 0 Å². The Hall–Kier alpha value is -0.780. The topological polar surface area (TPSA) is 63.4 Å². The van der Waals surface area contributed by atoms with Crippen LogP contribution in [0.2, 0.25) is 8.67 Å². The molecule has 0 spiro atoms. The zero-order valence-electron chi connectivity index (χ0n) is 10.9. The van der Waals surface area contributed by atoms with Crippen molar-refractivity contribution in [1.29, 1.82) is 0 Å². The van der Waals surface area contributed by atoms with Gasteiger partial charge in [-0.25, -0.2) is 0 Å². The lowest BCUT2D eigenvalue weighted by Gasteiger charge is -2.15. The number of carbonyl (C=O) groups is 2. The van der Waals surface area contributed by atoms with Crippen molar-refractivity contribution in [3.63, 3.8) is 0 Å². The van der Waals surface area contributed by atoms with Crippen LogP contribution in [0.25, 0.3) is 0 Å². The molecule has 2 N–H and O–H groups in total. The minimum Gasteiger partial charge on any atom is -0.369 e. The standard InChI is InChI=1S/C13H16Cl2N2O2S/c14-10-6-8(12(15)20-10)2-1-3-11(18)17-5-4-9(7-17)13(16)19/h6,9H,1-5,7H2,(H2,16,19)/t9-/m1/s1. The average Bonchev–Trinajstić information content (AvgIpc) is 2.97. The van der Waals surface area contributed by atoms with Crippen molar-refractivity contribution in [2.24, 2.45) is 11.7 Å². The Balaban J connectivity index is 1.76. The van der Waals surface area contributed by atoms with Crippen LogP contribution in [-0.2, 0) is 16.0 Å². The molecule has 0 saturated carbocycles. The minimum atomic E-state index is -0.319. The fraction of sp³-hybridized carbons (Fsp3) is 0.538. The second-order valence-electron chi connectivity index (χ2n) is 4.93. The molecule has 1 fully saturated rings. The van der Waals surface area contributed by atoms with Gasteiger partial charge in [0.2, 0.25) is 11.8 Å². The van der Waals surface area contributed by atoms with Crippen molar-refractivity contribution >= 4 is 46.4 Å². The van der Waals surface area contributed by atoms with Gasteiger partial charge in [0.15, 0.2) is 0 Å². The van der Waals surface area contributed by atoms with Crippen LogP contribution >= 0.6 is 34.5 Å². The Morgan fingerprint density at radius 3 is 2.75 bits per heavy atom. The molecule has 2 rings (SSSR count). The lowest BCUT2D eigenvalue weighted by Crippen LogP contribution is -2.31. The van der Waals surface area contributed by atoms with Gasteiger partial charge in [0.1, 0.15) is 0 Å². The number of halogens is 2. The summed E-state index contributed by atoms with van der Waals surface area (Å²) in [7, 11) is 0. The fourth-order valence-electron chi connectivity index (χ4n) is 2.35. The summed E-state index contributed by atoms with van der Waals surface area (Å²) in [6.07, 6.45) is 2.59. The molecule has 0 unspecified atom stereocenters. The van der Waals surface area contributed by atoms with E-state index in [-0.39, 0.29) is 17.7 Å². The zero-order chi connectivity index (χ0) is 14.7. The number of hydrogen-bond donors (Lipinski definition) is 1. The Bertz CT molecular complexity index is 518. The summed E-state index contributed by atoms with van der Waals surface area (Å²) in [6.45, 7) is 1.08. The first kappa shape index (κ1) is 15.6. The highest BCUT2D eigenvalue weighted by molar-refractivity contribution is 7.20. The van der Waals surface area contributed by atoms with E-state index in [1.54, 1.807) is 4.90 Å². The molecule has 110 valence electrons. The van der Waals surface area contributed by atoms with Crippen LogP contribution in [0.4, 0.5) is 0 Å². The second-order valence-corrected chi connectivity index (χ2v) is 7.22. The summed E-state index contributed by atoms with van der Waals surface area (Å²) >= 11 is 13.2. The largest absolute Gasteiger partial charge is 0.369 e. The maximum Gasteiger partial charge on any atom is 0.222 e. The number of carbonyl (C=O) groups excluding carboxylic acids is 2. The molecular weight excluding hydrogens is 319 g/mol. The maximum atomic E-state index is 12.0. The van der Waals surface area contributed by atoms with Crippen molar-refractivity contribution in [3.05, 3.63) is 20.3 Å². The molecule has 1 aliphatic heterocycles. The average molecular weight is 335 g/mol. The maximum absolute atomic E-state index is 12.0. The second kappa shape index (κ2) is 6.78. The third-order valence-electron chi connectivity index (χ3n) is 3.51. The highest BCUT2D eigenvalue weighted by Gasteiger charge is 2.29. The van der Waals surface area contributed by atoms with E-state index < -0.39 is 0 Å². The molecule has 1 aromatic rings. The predicted molar refractivity (Wildman–Crippen MR) is 81.2 cm³/mol. The number of nitrogens with zero attached hydrogens (tertiary/aromatic N) is 1. The number of likely N-dealkylation sites (tertiary alicyclic amines) is 1. The van der Waals surface area contributed by atoms with Gasteiger partial charge < -0.3 is 10.6 Å². The molecule has 1 aliphatic rings. The highest BCUT2D eigenvalue weighted by atomic mass is 35.5. The summed E-state index contributed by atoms with van der Waals surface area (Å²) in [5, 5.41) is 0. The van der Waals surface area contributed by atoms with E-state index in [0.29, 0.717) is 34.6 Å². The quantitative estimate of drug-likeness (QED) is 0.899. The molecular formula is C13H16Cl2N2O2S. The van der Waals surface area contributed by atoms with Gasteiger partial charge in [0.25, 0.3) is 0 Å². The molecule has 0 aromatic carbocycles. The van der Waals surface area contributed by atoms with Crippen LogP contribution in [0.3, 0.4) is 0 Å². The van der Waals surface area contributed by atoms with E-state index in [1.165, 1.54) is 11.3 Å². The summed E-state index contributed by atoms with van der Waals surface area (Å²) in [4.78, 5) is 24.8. The van der Waals surface area contributed by atoms with Gasteiger partial charge in [-0.3, -0.25) is 9.59 Å². The van der Waals surface area contributed by atoms with E-state index >= 15 is 0 Å². The summed E-state index contributed by atoms with van der Waals surface area (Å²) < 4.78 is 1.36. The zero-order valence-corrected chi connectivity index (χ0v) is 13.2. The van der Waals surface area contributed by atoms with E-state index in [9.17, 15) is 9.59 Å². The molecule has 1 saturated heterocycles. The molecule has 20 heavy (non-hydrogen) atoms. The first-order chi connectivity index (χ1) is 9.47. The monoisotopic (exact) mass is 334 g/mol. The molecule has 4 nitrogen and oxygen atoms in total. The SMILES string of the molecule is NC(=O)[C@@H]1CCN(C(=O)CCCc2cc(Cl)sc2Cl)C1. The van der Waals surface area contributed by atoms with Crippen LogP contribution in [0.1, 0.15) is 24.8 Å². The van der Waals surface area contributed by atoms with Gasteiger partial charge in [-0.2, -0.15) is 0 Å². The molecule has 2 heterocycles. The van der Waals surface area contributed by atoms with Crippen molar-refractivity contribution in [2.45, 2.75) is 25.7 Å². The molecule has 1 atom stereocenters. The van der Waals surface area contributed by atoms with Crippen LogP contribution in [0, 0.1) is 5.92 Å². The molecule has 2 amide bonds. The molecule has 0 radical (unpaired) electrons. The smallest absolute Gasteiger partial charge is 0.222 e. The number of amides is 2. The van der Waals surface area contributed by atoms with E-state index in [0.717, 1.165) is 18.4 Å². The lowest BCUT2D eigenvalue weighted by molar-refractivity contribution is -0.130. The fourth-order valence-corrected chi connectivity index (χ4v) is 3.90.